The molecule has 0 aliphatic heterocycles. The first-order valence-corrected chi connectivity index (χ1v) is 9.66. The topological polar surface area (TPSA) is 77.6 Å². The van der Waals surface area contributed by atoms with Gasteiger partial charge in [-0.15, -0.1) is 0 Å². The molecule has 0 spiro atoms. The van der Waals surface area contributed by atoms with Crippen LogP contribution in [0.1, 0.15) is 32.1 Å². The molecule has 2 aromatic heterocycles. The molecule has 0 unspecified atom stereocenters. The Morgan fingerprint density at radius 1 is 1.18 bits per heavy atom. The van der Waals surface area contributed by atoms with Gasteiger partial charge in [0.1, 0.15) is 17.8 Å². The van der Waals surface area contributed by atoms with Gasteiger partial charge >= 0.3 is 0 Å². The summed E-state index contributed by atoms with van der Waals surface area (Å²) >= 11 is 0. The highest BCUT2D eigenvalue weighted by atomic mass is 16.5. The van der Waals surface area contributed by atoms with Gasteiger partial charge in [-0.1, -0.05) is 19.3 Å². The van der Waals surface area contributed by atoms with Gasteiger partial charge < -0.3 is 14.6 Å². The van der Waals surface area contributed by atoms with Crippen LogP contribution in [0.3, 0.4) is 0 Å². The van der Waals surface area contributed by atoms with E-state index < -0.39 is 0 Å². The number of nitrogens with zero attached hydrogens (tertiary/aromatic N) is 3. The predicted octanol–water partition coefficient (Wildman–Crippen LogP) is 2.62. The van der Waals surface area contributed by atoms with Crippen LogP contribution < -0.4 is 15.6 Å². The minimum Gasteiger partial charge on any atom is -0.497 e. The van der Waals surface area contributed by atoms with Crippen molar-refractivity contribution in [3.05, 3.63) is 53.1 Å². The molecule has 1 amide bonds. The molecule has 7 heteroatoms. The molecule has 3 aromatic rings. The van der Waals surface area contributed by atoms with Crippen molar-refractivity contribution in [3.8, 4) is 17.0 Å². The number of rotatable bonds is 5. The highest BCUT2D eigenvalue weighted by molar-refractivity contribution is 5.76. The fourth-order valence-corrected chi connectivity index (χ4v) is 3.73. The second-order valence-electron chi connectivity index (χ2n) is 7.22. The van der Waals surface area contributed by atoms with Gasteiger partial charge in [0, 0.05) is 24.0 Å². The molecule has 4 rings (SSSR count). The Labute approximate surface area is 162 Å². The molecule has 7 nitrogen and oxygen atoms in total. The Hall–Kier alpha value is -3.09. The molecule has 0 bridgehead atoms. The van der Waals surface area contributed by atoms with Crippen molar-refractivity contribution in [1.82, 2.24) is 19.5 Å². The number of fused-ring (bicyclic) bond motifs is 1. The first-order valence-electron chi connectivity index (χ1n) is 9.66. The van der Waals surface area contributed by atoms with Crippen LogP contribution in [0.5, 0.6) is 5.75 Å². The SMILES string of the molecule is COc1ccc(-c2cc3c(=O)n(CC(=O)NC4CCCCC4)ccn3n2)cc1. The molecule has 0 radical (unpaired) electrons. The summed E-state index contributed by atoms with van der Waals surface area (Å²) in [5.74, 6) is 0.645. The van der Waals surface area contributed by atoms with E-state index in [0.29, 0.717) is 11.2 Å². The van der Waals surface area contributed by atoms with Gasteiger partial charge in [-0.2, -0.15) is 5.10 Å². The van der Waals surface area contributed by atoms with Gasteiger partial charge in [-0.05, 0) is 43.2 Å². The summed E-state index contributed by atoms with van der Waals surface area (Å²) in [6, 6.07) is 9.49. The Morgan fingerprint density at radius 2 is 1.93 bits per heavy atom. The van der Waals surface area contributed by atoms with Crippen molar-refractivity contribution in [2.24, 2.45) is 0 Å². The third-order valence-corrected chi connectivity index (χ3v) is 5.27. The predicted molar refractivity (Wildman–Crippen MR) is 106 cm³/mol. The number of benzene rings is 1. The number of hydrogen-bond donors (Lipinski definition) is 1. The number of carbonyl (C=O) groups is 1. The molecule has 1 N–H and O–H groups in total. The van der Waals surface area contributed by atoms with E-state index in [-0.39, 0.29) is 24.1 Å². The highest BCUT2D eigenvalue weighted by Gasteiger charge is 2.17. The molecule has 146 valence electrons. The third-order valence-electron chi connectivity index (χ3n) is 5.27. The van der Waals surface area contributed by atoms with E-state index in [0.717, 1.165) is 37.0 Å². The van der Waals surface area contributed by atoms with Crippen molar-refractivity contribution in [3.63, 3.8) is 0 Å². The van der Waals surface area contributed by atoms with E-state index in [1.165, 1.54) is 11.0 Å². The van der Waals surface area contributed by atoms with E-state index in [4.69, 9.17) is 4.74 Å². The second-order valence-corrected chi connectivity index (χ2v) is 7.22. The van der Waals surface area contributed by atoms with Crippen LogP contribution in [0, 0.1) is 0 Å². The average Bonchev–Trinajstić information content (AvgIpc) is 3.16. The van der Waals surface area contributed by atoms with Gasteiger partial charge in [-0.25, -0.2) is 4.52 Å². The lowest BCUT2D eigenvalue weighted by atomic mass is 9.95. The number of aromatic nitrogens is 3. The zero-order valence-electron chi connectivity index (χ0n) is 15.9. The van der Waals surface area contributed by atoms with Gasteiger partial charge in [0.25, 0.3) is 5.56 Å². The Bertz CT molecular complexity index is 1030. The maximum absolute atomic E-state index is 12.8. The maximum atomic E-state index is 12.8. The van der Waals surface area contributed by atoms with Crippen molar-refractivity contribution in [1.29, 1.82) is 0 Å². The summed E-state index contributed by atoms with van der Waals surface area (Å²) < 4.78 is 8.16. The average molecular weight is 380 g/mol. The van der Waals surface area contributed by atoms with Crippen molar-refractivity contribution in [2.75, 3.05) is 7.11 Å². The lowest BCUT2D eigenvalue weighted by molar-refractivity contribution is -0.122. The number of ether oxygens (including phenoxy) is 1. The van der Waals surface area contributed by atoms with Crippen LogP contribution >= 0.6 is 0 Å². The quantitative estimate of drug-likeness (QED) is 0.738. The van der Waals surface area contributed by atoms with Crippen LogP contribution in [-0.4, -0.2) is 33.2 Å². The normalized spacial score (nSPS) is 14.9. The summed E-state index contributed by atoms with van der Waals surface area (Å²) in [5, 5.41) is 7.53. The number of nitrogens with one attached hydrogen (secondary N) is 1. The number of carbonyl (C=O) groups excluding carboxylic acids is 1. The standard InChI is InChI=1S/C21H24N4O3/c1-28-17-9-7-15(8-10-17)18-13-19-21(27)24(11-12-25(19)23-18)14-20(26)22-16-5-3-2-4-6-16/h7-13,16H,2-6,14H2,1H3,(H,22,26). The first-order chi connectivity index (χ1) is 13.6. The van der Waals surface area contributed by atoms with Crippen LogP contribution in [0.25, 0.3) is 16.8 Å². The molecule has 1 fully saturated rings. The molecule has 1 saturated carbocycles. The minimum absolute atomic E-state index is 0.0227. The molecule has 1 aromatic carbocycles. The van der Waals surface area contributed by atoms with Crippen molar-refractivity contribution >= 4 is 11.4 Å². The molecular formula is C21H24N4O3. The fraction of sp³-hybridized carbons (Fsp3) is 0.381. The minimum atomic E-state index is -0.228. The maximum Gasteiger partial charge on any atom is 0.277 e. The molecule has 2 heterocycles. The Morgan fingerprint density at radius 3 is 2.64 bits per heavy atom. The molecule has 0 saturated heterocycles. The van der Waals surface area contributed by atoms with Crippen LogP contribution in [0.15, 0.2) is 47.5 Å². The summed E-state index contributed by atoms with van der Waals surface area (Å²) in [5.41, 5.74) is 1.81. The summed E-state index contributed by atoms with van der Waals surface area (Å²) in [4.78, 5) is 25.2. The molecule has 0 atom stereocenters. The second kappa shape index (κ2) is 7.88. The van der Waals surface area contributed by atoms with E-state index >= 15 is 0 Å². The smallest absolute Gasteiger partial charge is 0.277 e. The van der Waals surface area contributed by atoms with Gasteiger partial charge in [0.15, 0.2) is 0 Å². The van der Waals surface area contributed by atoms with Crippen molar-refractivity contribution < 1.29 is 9.53 Å². The van der Waals surface area contributed by atoms with E-state index in [2.05, 4.69) is 10.4 Å². The highest BCUT2D eigenvalue weighted by Crippen LogP contribution is 2.21. The molecule has 28 heavy (non-hydrogen) atoms. The largest absolute Gasteiger partial charge is 0.497 e. The van der Waals surface area contributed by atoms with Crippen LogP contribution in [-0.2, 0) is 11.3 Å². The van der Waals surface area contributed by atoms with Gasteiger partial charge in [-0.3, -0.25) is 9.59 Å². The molecule has 1 aliphatic rings. The van der Waals surface area contributed by atoms with E-state index in [1.807, 2.05) is 24.3 Å². The molecular weight excluding hydrogens is 356 g/mol. The summed E-state index contributed by atoms with van der Waals surface area (Å²) in [7, 11) is 1.62. The number of amides is 1. The van der Waals surface area contributed by atoms with E-state index in [1.54, 1.807) is 30.1 Å². The van der Waals surface area contributed by atoms with Crippen LogP contribution in [0.4, 0.5) is 0 Å². The Kier molecular flexibility index (Phi) is 5.14. The lowest BCUT2D eigenvalue weighted by Crippen LogP contribution is -2.39. The van der Waals surface area contributed by atoms with Crippen molar-refractivity contribution in [2.45, 2.75) is 44.7 Å². The number of hydrogen-bond acceptors (Lipinski definition) is 4. The monoisotopic (exact) mass is 380 g/mol. The molecule has 1 aliphatic carbocycles. The zero-order chi connectivity index (χ0) is 19.5. The van der Waals surface area contributed by atoms with Crippen LogP contribution in [0.2, 0.25) is 0 Å². The van der Waals surface area contributed by atoms with Gasteiger partial charge in [0.2, 0.25) is 5.91 Å². The third kappa shape index (κ3) is 3.78. The fourth-order valence-electron chi connectivity index (χ4n) is 3.73. The lowest BCUT2D eigenvalue weighted by Gasteiger charge is -2.22. The van der Waals surface area contributed by atoms with E-state index in [9.17, 15) is 9.59 Å². The number of methoxy groups -OCH3 is 1. The first kappa shape index (κ1) is 18.3. The Balaban J connectivity index is 1.54. The van der Waals surface area contributed by atoms with Gasteiger partial charge in [0.05, 0.1) is 12.8 Å². The summed E-state index contributed by atoms with van der Waals surface area (Å²) in [6.45, 7) is 0.0227. The zero-order valence-corrected chi connectivity index (χ0v) is 15.9. The summed E-state index contributed by atoms with van der Waals surface area (Å²) in [6.07, 6.45) is 8.90.